The third kappa shape index (κ3) is 54.6. The van der Waals surface area contributed by atoms with Gasteiger partial charge < -0.3 is 25.2 Å². The van der Waals surface area contributed by atoms with Gasteiger partial charge in [0.2, 0.25) is 0 Å². The fraction of sp³-hybridized carbons (Fsp3) is 0.966. The van der Waals surface area contributed by atoms with Crippen molar-refractivity contribution in [1.82, 2.24) is 0 Å². The summed E-state index contributed by atoms with van der Waals surface area (Å²) in [6.45, 7) is 3.97. The molecule has 3 atom stereocenters. The number of rotatable bonds is 59. The molecule has 0 aromatic rings. The Kier molecular flexibility index (Phi) is 53.9. The number of nitrogens with two attached hydrogens (primary N) is 1. The van der Waals surface area contributed by atoms with Crippen molar-refractivity contribution in [3.05, 3.63) is 0 Å². The van der Waals surface area contributed by atoms with Gasteiger partial charge in [0.15, 0.2) is 0 Å². The predicted octanol–water partition coefficient (Wildman–Crippen LogP) is 18.2. The lowest BCUT2D eigenvalue weighted by Gasteiger charge is -2.20. The molecule has 0 aliphatic heterocycles. The number of carbonyl (C=O) groups excluding carboxylic acids is 1. The third-order valence-electron chi connectivity index (χ3n) is 13.9. The molecular formula is C58H116NO9P. The van der Waals surface area contributed by atoms with Gasteiger partial charge >= 0.3 is 19.8 Å². The topological polar surface area (TPSA) is 155 Å². The maximum atomic E-state index is 12.7. The van der Waals surface area contributed by atoms with Gasteiger partial charge in [0.05, 0.1) is 19.8 Å². The first kappa shape index (κ1) is 68.0. The summed E-state index contributed by atoms with van der Waals surface area (Å²) in [5.74, 6) is -1.76. The maximum absolute atomic E-state index is 12.7. The van der Waals surface area contributed by atoms with Crippen LogP contribution in [-0.2, 0) is 32.7 Å². The lowest BCUT2D eigenvalue weighted by Crippen LogP contribution is -2.34. The molecule has 412 valence electrons. The van der Waals surface area contributed by atoms with Crippen LogP contribution >= 0.6 is 7.82 Å². The van der Waals surface area contributed by atoms with E-state index in [1.807, 2.05) is 0 Å². The van der Waals surface area contributed by atoms with Crippen LogP contribution in [0.4, 0.5) is 0 Å². The van der Waals surface area contributed by atoms with Gasteiger partial charge in [0.25, 0.3) is 0 Å². The fourth-order valence-electron chi connectivity index (χ4n) is 9.26. The van der Waals surface area contributed by atoms with E-state index in [9.17, 15) is 19.0 Å². The number of hydrogen-bond donors (Lipinski definition) is 3. The van der Waals surface area contributed by atoms with Gasteiger partial charge in [-0.25, -0.2) is 4.57 Å². The SMILES string of the molecule is CCCCCCCCCCCCCCCCCCCCCCCCCCCCCCCCCCCC(=O)O[C@H](COCCCCCCCCCCCCCCCC)COP(=O)(O)OC[C@H](N)C(=O)O. The molecule has 11 heteroatoms. The number of phosphoric acid groups is 1. The Morgan fingerprint density at radius 3 is 0.957 bits per heavy atom. The zero-order valence-electron chi connectivity index (χ0n) is 45.7. The first-order valence-corrected chi connectivity index (χ1v) is 31.6. The molecule has 0 radical (unpaired) electrons. The molecule has 0 heterocycles. The molecule has 1 unspecified atom stereocenters. The van der Waals surface area contributed by atoms with Crippen molar-refractivity contribution in [2.45, 2.75) is 334 Å². The van der Waals surface area contributed by atoms with Crippen molar-refractivity contribution < 1.29 is 42.7 Å². The standard InChI is InChI=1S/C58H116NO9P/c1-3-5-7-9-11-13-15-17-19-20-21-22-23-24-25-26-27-28-29-30-31-32-33-34-35-36-37-38-40-42-44-46-48-50-57(60)68-55(53-66-69(63,64)67-54-56(59)58(61)62)52-65-51-49-47-45-43-41-39-18-16-14-12-10-8-6-4-2/h55-56H,3-54,59H2,1-2H3,(H,61,62)(H,63,64)/t55-,56+/m1/s1. The van der Waals surface area contributed by atoms with E-state index >= 15 is 0 Å². The summed E-state index contributed by atoms with van der Waals surface area (Å²) in [5, 5.41) is 8.94. The normalized spacial score (nSPS) is 13.4. The minimum absolute atomic E-state index is 0.0263. The van der Waals surface area contributed by atoms with E-state index < -0.39 is 45.1 Å². The Morgan fingerprint density at radius 2 is 0.667 bits per heavy atom. The second-order valence-corrected chi connectivity index (χ2v) is 22.3. The Balaban J connectivity index is 3.85. The molecule has 0 aromatic heterocycles. The molecule has 0 saturated carbocycles. The van der Waals surface area contributed by atoms with Crippen LogP contribution in [0.3, 0.4) is 0 Å². The molecule has 0 aliphatic carbocycles. The monoisotopic (exact) mass is 1000 g/mol. The van der Waals surface area contributed by atoms with Crippen molar-refractivity contribution >= 4 is 19.8 Å². The van der Waals surface area contributed by atoms with Crippen LogP contribution < -0.4 is 5.73 Å². The van der Waals surface area contributed by atoms with E-state index in [0.717, 1.165) is 38.5 Å². The molecule has 10 nitrogen and oxygen atoms in total. The van der Waals surface area contributed by atoms with E-state index in [2.05, 4.69) is 13.8 Å². The zero-order valence-corrected chi connectivity index (χ0v) is 46.6. The summed E-state index contributed by atoms with van der Waals surface area (Å²) < 4.78 is 33.6. The van der Waals surface area contributed by atoms with Crippen LogP contribution in [0.5, 0.6) is 0 Å². The molecule has 0 fully saturated rings. The first-order chi connectivity index (χ1) is 33.7. The smallest absolute Gasteiger partial charge is 0.472 e. The Labute approximate surface area is 427 Å². The highest BCUT2D eigenvalue weighted by molar-refractivity contribution is 7.47. The number of aliphatic carboxylic acids is 1. The lowest BCUT2D eigenvalue weighted by molar-refractivity contribution is -0.154. The van der Waals surface area contributed by atoms with Crippen LogP contribution in [0, 0.1) is 0 Å². The van der Waals surface area contributed by atoms with Crippen LogP contribution in [0.2, 0.25) is 0 Å². The van der Waals surface area contributed by atoms with Crippen molar-refractivity contribution in [2.24, 2.45) is 5.73 Å². The molecular weight excluding hydrogens is 886 g/mol. The van der Waals surface area contributed by atoms with Gasteiger partial charge in [-0.1, -0.05) is 303 Å². The second-order valence-electron chi connectivity index (χ2n) is 20.9. The average Bonchev–Trinajstić information content (AvgIpc) is 3.33. The minimum atomic E-state index is -4.62. The van der Waals surface area contributed by atoms with E-state index in [1.165, 1.54) is 263 Å². The van der Waals surface area contributed by atoms with Gasteiger partial charge in [-0.05, 0) is 12.8 Å². The molecule has 0 spiro atoms. The number of hydrogen-bond acceptors (Lipinski definition) is 8. The van der Waals surface area contributed by atoms with Crippen molar-refractivity contribution in [1.29, 1.82) is 0 Å². The summed E-state index contributed by atoms with van der Waals surface area (Å²) in [6.07, 6.45) is 62.0. The molecule has 4 N–H and O–H groups in total. The molecule has 0 aliphatic rings. The predicted molar refractivity (Wildman–Crippen MR) is 291 cm³/mol. The number of carbonyl (C=O) groups is 2. The van der Waals surface area contributed by atoms with E-state index in [1.54, 1.807) is 0 Å². The highest BCUT2D eigenvalue weighted by Gasteiger charge is 2.27. The highest BCUT2D eigenvalue weighted by Crippen LogP contribution is 2.43. The Hall–Kier alpha value is -1.03. The first-order valence-electron chi connectivity index (χ1n) is 30.1. The van der Waals surface area contributed by atoms with Crippen molar-refractivity contribution in [3.8, 4) is 0 Å². The van der Waals surface area contributed by atoms with Crippen LogP contribution in [0.15, 0.2) is 0 Å². The van der Waals surface area contributed by atoms with Gasteiger partial charge in [0.1, 0.15) is 12.1 Å². The third-order valence-corrected chi connectivity index (χ3v) is 14.8. The van der Waals surface area contributed by atoms with E-state index in [4.69, 9.17) is 29.4 Å². The van der Waals surface area contributed by atoms with Crippen LogP contribution in [-0.4, -0.2) is 60.5 Å². The lowest BCUT2D eigenvalue weighted by atomic mass is 10.0. The van der Waals surface area contributed by atoms with Crippen LogP contribution in [0.25, 0.3) is 0 Å². The number of phosphoric ester groups is 1. The van der Waals surface area contributed by atoms with Gasteiger partial charge in [-0.3, -0.25) is 18.6 Å². The van der Waals surface area contributed by atoms with E-state index in [-0.39, 0.29) is 13.0 Å². The highest BCUT2D eigenvalue weighted by atomic mass is 31.2. The fourth-order valence-corrected chi connectivity index (χ4v) is 10.0. The van der Waals surface area contributed by atoms with Gasteiger partial charge in [-0.2, -0.15) is 0 Å². The summed E-state index contributed by atoms with van der Waals surface area (Å²) in [7, 11) is -4.62. The molecule has 0 bridgehead atoms. The van der Waals surface area contributed by atoms with Crippen molar-refractivity contribution in [2.75, 3.05) is 26.4 Å². The number of esters is 1. The largest absolute Gasteiger partial charge is 0.480 e. The number of carboxylic acid groups (broad SMARTS) is 1. The van der Waals surface area contributed by atoms with Gasteiger partial charge in [-0.15, -0.1) is 0 Å². The number of carboxylic acids is 1. The minimum Gasteiger partial charge on any atom is -0.480 e. The second kappa shape index (κ2) is 54.7. The van der Waals surface area contributed by atoms with E-state index in [0.29, 0.717) is 6.61 Å². The maximum Gasteiger partial charge on any atom is 0.472 e. The summed E-state index contributed by atoms with van der Waals surface area (Å²) in [6, 6.07) is -1.47. The average molecular weight is 1000 g/mol. The molecule has 0 amide bonds. The summed E-state index contributed by atoms with van der Waals surface area (Å²) in [5.41, 5.74) is 5.38. The van der Waals surface area contributed by atoms with Gasteiger partial charge in [0, 0.05) is 13.0 Å². The quantitative estimate of drug-likeness (QED) is 0.0305. The zero-order chi connectivity index (χ0) is 50.4. The molecule has 0 aromatic carbocycles. The molecule has 69 heavy (non-hydrogen) atoms. The van der Waals surface area contributed by atoms with Crippen LogP contribution in [0.1, 0.15) is 322 Å². The number of ether oxygens (including phenoxy) is 2. The summed E-state index contributed by atoms with van der Waals surface area (Å²) in [4.78, 5) is 33.7. The van der Waals surface area contributed by atoms with Crippen molar-refractivity contribution in [3.63, 3.8) is 0 Å². The molecule has 0 rings (SSSR count). The Bertz CT molecular complexity index is 1110. The molecule has 0 saturated heterocycles. The summed E-state index contributed by atoms with van der Waals surface area (Å²) >= 11 is 0. The Morgan fingerprint density at radius 1 is 0.406 bits per heavy atom. The number of unbranched alkanes of at least 4 members (excludes halogenated alkanes) is 45.